The van der Waals surface area contributed by atoms with Gasteiger partial charge in [0.1, 0.15) is 11.5 Å². The Morgan fingerprint density at radius 3 is 2.58 bits per heavy atom. The van der Waals surface area contributed by atoms with Crippen molar-refractivity contribution in [3.05, 3.63) is 21.7 Å². The zero-order valence-electron chi connectivity index (χ0n) is 12.0. The third kappa shape index (κ3) is 2.48. The highest BCUT2D eigenvalue weighted by molar-refractivity contribution is 9.10. The average Bonchev–Trinajstić information content (AvgIpc) is 2.37. The molecule has 0 amide bonds. The van der Waals surface area contributed by atoms with Crippen LogP contribution in [-0.4, -0.2) is 26.0 Å². The second kappa shape index (κ2) is 5.54. The van der Waals surface area contributed by atoms with Crippen molar-refractivity contribution < 1.29 is 9.47 Å². The molecule has 19 heavy (non-hydrogen) atoms. The first-order valence-corrected chi connectivity index (χ1v) is 7.98. The Bertz CT molecular complexity index is 491. The fourth-order valence-electron chi connectivity index (χ4n) is 2.69. The number of ether oxygens (including phenoxy) is 2. The standard InChI is InChI=1S/C14H20BrNO2S/c1-14(2)13(16-3)11-8(7-19-14)10(17-4)6-9(15)12(11)18-5/h6,13,16H,7H2,1-5H3. The smallest absolute Gasteiger partial charge is 0.138 e. The van der Waals surface area contributed by atoms with Crippen molar-refractivity contribution in [2.24, 2.45) is 0 Å². The number of thioether (sulfide) groups is 1. The van der Waals surface area contributed by atoms with Gasteiger partial charge >= 0.3 is 0 Å². The van der Waals surface area contributed by atoms with Crippen molar-refractivity contribution in [3.63, 3.8) is 0 Å². The Balaban J connectivity index is 2.71. The summed E-state index contributed by atoms with van der Waals surface area (Å²) in [5.74, 6) is 2.77. The van der Waals surface area contributed by atoms with Crippen LogP contribution in [0.25, 0.3) is 0 Å². The predicted octanol–water partition coefficient (Wildman–Crippen LogP) is 3.75. The van der Waals surface area contributed by atoms with Gasteiger partial charge in [-0.3, -0.25) is 0 Å². The molecule has 0 spiro atoms. The quantitative estimate of drug-likeness (QED) is 0.903. The first kappa shape index (κ1) is 15.0. The molecule has 1 unspecified atom stereocenters. The van der Waals surface area contributed by atoms with Gasteiger partial charge in [-0.1, -0.05) is 0 Å². The van der Waals surface area contributed by atoms with Gasteiger partial charge in [0.15, 0.2) is 0 Å². The number of nitrogens with one attached hydrogen (secondary N) is 1. The summed E-state index contributed by atoms with van der Waals surface area (Å²) >= 11 is 5.52. The third-order valence-electron chi connectivity index (χ3n) is 3.63. The number of rotatable bonds is 3. The van der Waals surface area contributed by atoms with Gasteiger partial charge in [0.2, 0.25) is 0 Å². The van der Waals surface area contributed by atoms with Gasteiger partial charge in [-0.05, 0) is 42.9 Å². The maximum Gasteiger partial charge on any atom is 0.138 e. The maximum absolute atomic E-state index is 5.62. The molecule has 0 saturated heterocycles. The molecular formula is C14H20BrNO2S. The molecule has 2 rings (SSSR count). The number of fused-ring (bicyclic) bond motifs is 1. The molecule has 106 valence electrons. The Labute approximate surface area is 127 Å². The lowest BCUT2D eigenvalue weighted by Gasteiger charge is -2.40. The van der Waals surface area contributed by atoms with E-state index < -0.39 is 0 Å². The molecule has 1 atom stereocenters. The van der Waals surface area contributed by atoms with E-state index in [1.54, 1.807) is 14.2 Å². The van der Waals surface area contributed by atoms with Crippen LogP contribution in [0.15, 0.2) is 10.5 Å². The molecule has 1 aromatic carbocycles. The van der Waals surface area contributed by atoms with E-state index in [0.29, 0.717) is 0 Å². The van der Waals surface area contributed by atoms with Gasteiger partial charge in [-0.15, -0.1) is 11.8 Å². The molecular weight excluding hydrogens is 326 g/mol. The fourth-order valence-corrected chi connectivity index (χ4v) is 4.49. The number of methoxy groups -OCH3 is 2. The molecule has 1 aliphatic heterocycles. The van der Waals surface area contributed by atoms with Gasteiger partial charge in [0, 0.05) is 21.6 Å². The van der Waals surface area contributed by atoms with E-state index >= 15 is 0 Å². The van der Waals surface area contributed by atoms with Crippen LogP contribution in [0.1, 0.15) is 31.0 Å². The molecule has 1 N–H and O–H groups in total. The molecule has 0 aliphatic carbocycles. The third-order valence-corrected chi connectivity index (χ3v) is 5.63. The largest absolute Gasteiger partial charge is 0.496 e. The van der Waals surface area contributed by atoms with Crippen LogP contribution in [0.4, 0.5) is 0 Å². The predicted molar refractivity (Wildman–Crippen MR) is 84.4 cm³/mol. The van der Waals surface area contributed by atoms with E-state index in [9.17, 15) is 0 Å². The Morgan fingerprint density at radius 2 is 2.05 bits per heavy atom. The van der Waals surface area contributed by atoms with Gasteiger partial charge in [-0.2, -0.15) is 0 Å². The molecule has 5 heteroatoms. The molecule has 0 bridgehead atoms. The van der Waals surface area contributed by atoms with E-state index in [2.05, 4.69) is 35.1 Å². The lowest BCUT2D eigenvalue weighted by atomic mass is 9.90. The average molecular weight is 346 g/mol. The minimum absolute atomic E-state index is 0.112. The van der Waals surface area contributed by atoms with Crippen LogP contribution in [0.3, 0.4) is 0 Å². The normalized spacial score (nSPS) is 20.8. The first-order valence-electron chi connectivity index (χ1n) is 6.20. The molecule has 0 aromatic heterocycles. The number of hydrogen-bond acceptors (Lipinski definition) is 4. The summed E-state index contributed by atoms with van der Waals surface area (Å²) < 4.78 is 12.2. The molecule has 1 heterocycles. The molecule has 1 aromatic rings. The lowest BCUT2D eigenvalue weighted by Crippen LogP contribution is -2.38. The van der Waals surface area contributed by atoms with Crippen LogP contribution >= 0.6 is 27.7 Å². The summed E-state index contributed by atoms with van der Waals surface area (Å²) in [5.41, 5.74) is 2.44. The molecule has 3 nitrogen and oxygen atoms in total. The van der Waals surface area contributed by atoms with Crippen LogP contribution in [0.2, 0.25) is 0 Å². The van der Waals surface area contributed by atoms with Crippen molar-refractivity contribution >= 4 is 27.7 Å². The Hall–Kier alpha value is -0.390. The first-order chi connectivity index (χ1) is 8.96. The van der Waals surface area contributed by atoms with Gasteiger partial charge in [0.05, 0.1) is 24.7 Å². The monoisotopic (exact) mass is 345 g/mol. The van der Waals surface area contributed by atoms with Crippen LogP contribution in [0, 0.1) is 0 Å². The zero-order valence-corrected chi connectivity index (χ0v) is 14.4. The van der Waals surface area contributed by atoms with Crippen molar-refractivity contribution in [2.75, 3.05) is 21.3 Å². The fraction of sp³-hybridized carbons (Fsp3) is 0.571. The minimum atomic E-state index is 0.112. The highest BCUT2D eigenvalue weighted by atomic mass is 79.9. The number of hydrogen-bond donors (Lipinski definition) is 1. The SMILES string of the molecule is CNC1c2c(c(OC)cc(Br)c2OC)CSC1(C)C. The van der Waals surface area contributed by atoms with Gasteiger partial charge in [0.25, 0.3) is 0 Å². The summed E-state index contributed by atoms with van der Waals surface area (Å²) in [6.45, 7) is 4.52. The molecule has 0 radical (unpaired) electrons. The van der Waals surface area contributed by atoms with E-state index in [0.717, 1.165) is 21.7 Å². The van der Waals surface area contributed by atoms with Crippen molar-refractivity contribution in [1.82, 2.24) is 5.32 Å². The van der Waals surface area contributed by atoms with Crippen molar-refractivity contribution in [2.45, 2.75) is 30.4 Å². The van der Waals surface area contributed by atoms with Gasteiger partial charge in [-0.25, -0.2) is 0 Å². The summed E-state index contributed by atoms with van der Waals surface area (Å²) in [5, 5.41) is 3.43. The van der Waals surface area contributed by atoms with Crippen LogP contribution < -0.4 is 14.8 Å². The van der Waals surface area contributed by atoms with E-state index in [1.165, 1.54) is 11.1 Å². The lowest BCUT2D eigenvalue weighted by molar-refractivity contribution is 0.374. The Kier molecular flexibility index (Phi) is 4.38. The van der Waals surface area contributed by atoms with Crippen LogP contribution in [0.5, 0.6) is 11.5 Å². The summed E-state index contributed by atoms with van der Waals surface area (Å²) in [6, 6.07) is 2.21. The maximum atomic E-state index is 5.62. The summed E-state index contributed by atoms with van der Waals surface area (Å²) in [4.78, 5) is 0. The highest BCUT2D eigenvalue weighted by Gasteiger charge is 2.39. The number of halogens is 1. The molecule has 0 saturated carbocycles. The van der Waals surface area contributed by atoms with E-state index in [4.69, 9.17) is 9.47 Å². The summed E-state index contributed by atoms with van der Waals surface area (Å²) in [7, 11) is 5.43. The number of benzene rings is 1. The van der Waals surface area contributed by atoms with Crippen molar-refractivity contribution in [3.8, 4) is 11.5 Å². The van der Waals surface area contributed by atoms with Crippen LogP contribution in [-0.2, 0) is 5.75 Å². The van der Waals surface area contributed by atoms with E-state index in [1.807, 2.05) is 24.9 Å². The summed E-state index contributed by atoms with van der Waals surface area (Å²) in [6.07, 6.45) is 0. The second-order valence-corrected chi connectivity index (χ2v) is 7.58. The molecule has 1 aliphatic rings. The minimum Gasteiger partial charge on any atom is -0.496 e. The topological polar surface area (TPSA) is 30.5 Å². The highest BCUT2D eigenvalue weighted by Crippen LogP contribution is 2.52. The Morgan fingerprint density at radius 1 is 1.37 bits per heavy atom. The second-order valence-electron chi connectivity index (χ2n) is 5.10. The zero-order chi connectivity index (χ0) is 14.2. The van der Waals surface area contributed by atoms with Gasteiger partial charge < -0.3 is 14.8 Å². The van der Waals surface area contributed by atoms with Crippen molar-refractivity contribution in [1.29, 1.82) is 0 Å². The molecule has 0 fully saturated rings. The van der Waals surface area contributed by atoms with E-state index in [-0.39, 0.29) is 10.8 Å².